The molecule has 0 fully saturated rings. The van der Waals surface area contributed by atoms with E-state index in [0.717, 1.165) is 10.9 Å². The average molecular weight is 227 g/mol. The van der Waals surface area contributed by atoms with E-state index in [1.165, 1.54) is 6.07 Å². The number of fused-ring (bicyclic) bond motifs is 1. The summed E-state index contributed by atoms with van der Waals surface area (Å²) < 4.78 is 5.64. The van der Waals surface area contributed by atoms with E-state index in [9.17, 15) is 4.79 Å². The van der Waals surface area contributed by atoms with Gasteiger partial charge in [-0.05, 0) is 37.4 Å². The molecule has 0 atom stereocenters. The molecule has 1 aromatic carbocycles. The Morgan fingerprint density at radius 1 is 1.29 bits per heavy atom. The molecule has 86 valence electrons. The maximum absolute atomic E-state index is 11.2. The monoisotopic (exact) mass is 227 g/mol. The summed E-state index contributed by atoms with van der Waals surface area (Å²) >= 11 is 0. The van der Waals surface area contributed by atoms with Crippen molar-refractivity contribution in [2.24, 2.45) is 0 Å². The number of benzene rings is 1. The van der Waals surface area contributed by atoms with Crippen LogP contribution in [0.5, 0.6) is 5.75 Å². The first kappa shape index (κ1) is 11.3. The summed E-state index contributed by atoms with van der Waals surface area (Å²) in [4.78, 5) is 14.0. The van der Waals surface area contributed by atoms with Gasteiger partial charge in [0.05, 0.1) is 5.52 Å². The Morgan fingerprint density at radius 3 is 2.71 bits per heavy atom. The minimum absolute atomic E-state index is 0.133. The smallest absolute Gasteiger partial charge is 0.248 e. The zero-order valence-corrected chi connectivity index (χ0v) is 9.78. The third-order valence-corrected chi connectivity index (χ3v) is 2.42. The molecule has 0 aliphatic carbocycles. The van der Waals surface area contributed by atoms with Gasteiger partial charge in [-0.25, -0.2) is 0 Å². The fourth-order valence-corrected chi connectivity index (χ4v) is 1.52. The van der Waals surface area contributed by atoms with Crippen LogP contribution >= 0.6 is 0 Å². The first-order chi connectivity index (χ1) is 8.00. The van der Waals surface area contributed by atoms with E-state index in [1.807, 2.05) is 26.0 Å². The molecule has 1 heterocycles. The number of ether oxygens (including phenoxy) is 1. The molecule has 3 heteroatoms. The van der Waals surface area contributed by atoms with E-state index in [2.05, 4.69) is 10.9 Å². The Hall–Kier alpha value is -2.21. The Kier molecular flexibility index (Phi) is 2.64. The van der Waals surface area contributed by atoms with Crippen LogP contribution in [0.3, 0.4) is 0 Å². The van der Waals surface area contributed by atoms with Gasteiger partial charge in [-0.2, -0.15) is 0 Å². The van der Waals surface area contributed by atoms with Crippen molar-refractivity contribution < 1.29 is 4.74 Å². The lowest BCUT2D eigenvalue weighted by molar-refractivity contribution is 0.173. The number of hydrogen-bond acceptors (Lipinski definition) is 2. The predicted molar refractivity (Wildman–Crippen MR) is 68.1 cm³/mol. The second-order valence-electron chi connectivity index (χ2n) is 4.33. The van der Waals surface area contributed by atoms with Gasteiger partial charge in [-0.3, -0.25) is 4.79 Å². The Morgan fingerprint density at radius 2 is 2.00 bits per heavy atom. The summed E-state index contributed by atoms with van der Waals surface area (Å²) in [6.45, 7) is 3.62. The fourth-order valence-electron chi connectivity index (χ4n) is 1.52. The van der Waals surface area contributed by atoms with Crippen LogP contribution in [0.1, 0.15) is 13.8 Å². The SMILES string of the molecule is C#CC(C)(C)Oc1ccc2ccc(=O)[nH]c2c1. The van der Waals surface area contributed by atoms with Crippen molar-refractivity contribution in [1.29, 1.82) is 0 Å². The summed E-state index contributed by atoms with van der Waals surface area (Å²) in [7, 11) is 0. The van der Waals surface area contributed by atoms with E-state index in [0.29, 0.717) is 5.75 Å². The van der Waals surface area contributed by atoms with Crippen molar-refractivity contribution in [1.82, 2.24) is 4.98 Å². The zero-order valence-electron chi connectivity index (χ0n) is 9.78. The number of terminal acetylenes is 1. The van der Waals surface area contributed by atoms with Gasteiger partial charge in [0.25, 0.3) is 0 Å². The molecule has 0 bridgehead atoms. The number of H-pyrrole nitrogens is 1. The molecule has 1 N–H and O–H groups in total. The summed E-state index contributed by atoms with van der Waals surface area (Å²) in [6, 6.07) is 8.75. The van der Waals surface area contributed by atoms with Crippen molar-refractivity contribution >= 4 is 10.9 Å². The first-order valence-corrected chi connectivity index (χ1v) is 5.30. The summed E-state index contributed by atoms with van der Waals surface area (Å²) in [6.07, 6.45) is 5.36. The van der Waals surface area contributed by atoms with Gasteiger partial charge >= 0.3 is 0 Å². The third-order valence-electron chi connectivity index (χ3n) is 2.42. The van der Waals surface area contributed by atoms with Crippen LogP contribution in [0.4, 0.5) is 0 Å². The van der Waals surface area contributed by atoms with Crippen molar-refractivity contribution in [3.63, 3.8) is 0 Å². The maximum Gasteiger partial charge on any atom is 0.248 e. The van der Waals surface area contributed by atoms with E-state index in [1.54, 1.807) is 12.1 Å². The Bertz CT molecular complexity index is 647. The molecule has 0 aliphatic rings. The minimum Gasteiger partial charge on any atom is -0.475 e. The highest BCUT2D eigenvalue weighted by Crippen LogP contribution is 2.21. The molecule has 0 saturated carbocycles. The Labute approximate surface area is 99.4 Å². The number of pyridine rings is 1. The van der Waals surface area contributed by atoms with Crippen molar-refractivity contribution in [3.8, 4) is 18.1 Å². The lowest BCUT2D eigenvalue weighted by Gasteiger charge is -2.20. The number of hydrogen-bond donors (Lipinski definition) is 1. The molecule has 2 aromatic rings. The summed E-state index contributed by atoms with van der Waals surface area (Å²) in [5.41, 5.74) is -0.0587. The third kappa shape index (κ3) is 2.48. The molecule has 0 saturated heterocycles. The fraction of sp³-hybridized carbons (Fsp3) is 0.214. The van der Waals surface area contributed by atoms with Gasteiger partial charge in [0.2, 0.25) is 5.56 Å². The first-order valence-electron chi connectivity index (χ1n) is 5.30. The van der Waals surface area contributed by atoms with E-state index in [-0.39, 0.29) is 5.56 Å². The predicted octanol–water partition coefficient (Wildman–Crippen LogP) is 2.32. The number of aromatic nitrogens is 1. The van der Waals surface area contributed by atoms with Crippen LogP contribution < -0.4 is 10.3 Å². The van der Waals surface area contributed by atoms with E-state index >= 15 is 0 Å². The lowest BCUT2D eigenvalue weighted by Crippen LogP contribution is -2.25. The minimum atomic E-state index is -0.664. The molecule has 0 amide bonds. The van der Waals surface area contributed by atoms with Gasteiger partial charge in [0.1, 0.15) is 5.75 Å². The quantitative estimate of drug-likeness (QED) is 0.800. The Balaban J connectivity index is 2.45. The molecule has 0 radical (unpaired) electrons. The molecular formula is C14H13NO2. The van der Waals surface area contributed by atoms with Gasteiger partial charge in [-0.15, -0.1) is 6.42 Å². The van der Waals surface area contributed by atoms with Gasteiger partial charge < -0.3 is 9.72 Å². The molecule has 1 aromatic heterocycles. The van der Waals surface area contributed by atoms with Crippen LogP contribution in [-0.2, 0) is 0 Å². The van der Waals surface area contributed by atoms with Gasteiger partial charge in [-0.1, -0.05) is 5.92 Å². The molecule has 2 rings (SSSR count). The van der Waals surface area contributed by atoms with Gasteiger partial charge in [0.15, 0.2) is 5.60 Å². The highest BCUT2D eigenvalue weighted by atomic mass is 16.5. The molecule has 0 spiro atoms. The van der Waals surface area contributed by atoms with Crippen molar-refractivity contribution in [2.45, 2.75) is 19.4 Å². The molecule has 3 nitrogen and oxygen atoms in total. The highest BCUT2D eigenvalue weighted by molar-refractivity contribution is 5.79. The largest absolute Gasteiger partial charge is 0.475 e. The van der Waals surface area contributed by atoms with Crippen LogP contribution in [0.2, 0.25) is 0 Å². The lowest BCUT2D eigenvalue weighted by atomic mass is 10.1. The van der Waals surface area contributed by atoms with Gasteiger partial charge in [0, 0.05) is 12.1 Å². The summed E-state index contributed by atoms with van der Waals surface area (Å²) in [5, 5.41) is 0.954. The topological polar surface area (TPSA) is 42.1 Å². The molecule has 0 aliphatic heterocycles. The van der Waals surface area contributed by atoms with Crippen LogP contribution in [0, 0.1) is 12.3 Å². The second-order valence-corrected chi connectivity index (χ2v) is 4.33. The van der Waals surface area contributed by atoms with E-state index < -0.39 is 5.60 Å². The molecule has 0 unspecified atom stereocenters. The average Bonchev–Trinajstić information content (AvgIpc) is 2.28. The maximum atomic E-state index is 11.2. The van der Waals surface area contributed by atoms with Crippen LogP contribution in [0.25, 0.3) is 10.9 Å². The number of nitrogens with one attached hydrogen (secondary N) is 1. The van der Waals surface area contributed by atoms with Crippen LogP contribution in [0.15, 0.2) is 35.1 Å². The standard InChI is InChI=1S/C14H13NO2/c1-4-14(2,3)17-11-7-5-10-6-8-13(16)15-12(10)9-11/h1,5-9H,2-3H3,(H,15,16). The zero-order chi connectivity index (χ0) is 12.5. The van der Waals surface area contributed by atoms with Crippen molar-refractivity contribution in [2.75, 3.05) is 0 Å². The summed E-state index contributed by atoms with van der Waals surface area (Å²) in [5.74, 6) is 3.20. The second kappa shape index (κ2) is 3.99. The number of aromatic amines is 1. The van der Waals surface area contributed by atoms with Crippen molar-refractivity contribution in [3.05, 3.63) is 40.7 Å². The van der Waals surface area contributed by atoms with Crippen LogP contribution in [-0.4, -0.2) is 10.6 Å². The number of rotatable bonds is 2. The van der Waals surface area contributed by atoms with E-state index in [4.69, 9.17) is 11.2 Å². The normalized spacial score (nSPS) is 11.1. The highest BCUT2D eigenvalue weighted by Gasteiger charge is 2.15. The molecular weight excluding hydrogens is 214 g/mol. The molecule has 17 heavy (non-hydrogen) atoms.